The van der Waals surface area contributed by atoms with Crippen molar-refractivity contribution in [1.82, 2.24) is 4.90 Å². The average Bonchev–Trinajstić information content (AvgIpc) is 2.41. The molecule has 2 rings (SSSR count). The molecule has 1 aliphatic heterocycles. The van der Waals surface area contributed by atoms with E-state index in [1.807, 2.05) is 29.2 Å². The van der Waals surface area contributed by atoms with Gasteiger partial charge in [0.2, 0.25) is 5.91 Å². The maximum Gasteiger partial charge on any atom is 0.227 e. The highest BCUT2D eigenvalue weighted by atomic mass is 79.9. The minimum absolute atomic E-state index is 0. The Morgan fingerprint density at radius 3 is 2.55 bits per heavy atom. The van der Waals surface area contributed by atoms with E-state index in [2.05, 4.69) is 22.9 Å². The number of nitrogens with two attached hydrogens (primary N) is 1. The van der Waals surface area contributed by atoms with Crippen LogP contribution in [0.5, 0.6) is 0 Å². The predicted octanol–water partition coefficient (Wildman–Crippen LogP) is 3.00. The third kappa shape index (κ3) is 4.47. The number of hydrogen-bond donors (Lipinski definition) is 1. The van der Waals surface area contributed by atoms with Crippen LogP contribution >= 0.6 is 28.3 Å². The van der Waals surface area contributed by atoms with E-state index >= 15 is 0 Å². The molecule has 0 saturated carbocycles. The van der Waals surface area contributed by atoms with Gasteiger partial charge in [-0.2, -0.15) is 0 Å². The van der Waals surface area contributed by atoms with Gasteiger partial charge in [0, 0.05) is 23.6 Å². The third-order valence-corrected chi connectivity index (χ3v) is 4.71. The van der Waals surface area contributed by atoms with Crippen molar-refractivity contribution in [2.24, 2.45) is 11.7 Å². The molecule has 1 heterocycles. The Morgan fingerprint density at radius 1 is 1.40 bits per heavy atom. The van der Waals surface area contributed by atoms with Crippen LogP contribution in [0.15, 0.2) is 28.7 Å². The molecule has 3 nitrogen and oxygen atoms in total. The van der Waals surface area contributed by atoms with E-state index in [-0.39, 0.29) is 24.4 Å². The van der Waals surface area contributed by atoms with E-state index in [1.165, 1.54) is 0 Å². The standard InChI is InChI=1S/C15H21BrN2O.ClH/c1-11(17)12-6-8-18(9-7-12)15(19)10-13-4-2-3-5-14(13)16;/h2-5,11-12H,6-10,17H2,1H3;1H. The van der Waals surface area contributed by atoms with Gasteiger partial charge in [0.25, 0.3) is 0 Å². The van der Waals surface area contributed by atoms with Crippen LogP contribution in [0.1, 0.15) is 25.3 Å². The van der Waals surface area contributed by atoms with Crippen molar-refractivity contribution in [3.63, 3.8) is 0 Å². The van der Waals surface area contributed by atoms with Crippen molar-refractivity contribution in [1.29, 1.82) is 0 Å². The van der Waals surface area contributed by atoms with Crippen LogP contribution in [0, 0.1) is 5.92 Å². The normalized spacial score (nSPS) is 17.4. The second kappa shape index (κ2) is 8.01. The smallest absolute Gasteiger partial charge is 0.227 e. The number of carbonyl (C=O) groups is 1. The average molecular weight is 362 g/mol. The van der Waals surface area contributed by atoms with Gasteiger partial charge in [-0.3, -0.25) is 4.79 Å². The highest BCUT2D eigenvalue weighted by Gasteiger charge is 2.24. The molecule has 1 aromatic carbocycles. The number of rotatable bonds is 3. The summed E-state index contributed by atoms with van der Waals surface area (Å²) in [4.78, 5) is 14.2. The lowest BCUT2D eigenvalue weighted by Gasteiger charge is -2.33. The van der Waals surface area contributed by atoms with Crippen molar-refractivity contribution in [3.8, 4) is 0 Å². The molecule has 1 fully saturated rings. The largest absolute Gasteiger partial charge is 0.342 e. The molecule has 0 aromatic heterocycles. The molecule has 1 unspecified atom stereocenters. The number of halogens is 2. The van der Waals surface area contributed by atoms with E-state index in [1.54, 1.807) is 0 Å². The third-order valence-electron chi connectivity index (χ3n) is 3.94. The number of hydrogen-bond acceptors (Lipinski definition) is 2. The molecule has 20 heavy (non-hydrogen) atoms. The number of piperidine rings is 1. The first kappa shape index (κ1) is 17.5. The summed E-state index contributed by atoms with van der Waals surface area (Å²) in [7, 11) is 0. The zero-order chi connectivity index (χ0) is 13.8. The zero-order valence-corrected chi connectivity index (χ0v) is 14.1. The van der Waals surface area contributed by atoms with E-state index in [0.29, 0.717) is 12.3 Å². The van der Waals surface area contributed by atoms with Gasteiger partial charge < -0.3 is 10.6 Å². The molecule has 0 bridgehead atoms. The summed E-state index contributed by atoms with van der Waals surface area (Å²) >= 11 is 3.49. The quantitative estimate of drug-likeness (QED) is 0.899. The maximum absolute atomic E-state index is 12.3. The van der Waals surface area contributed by atoms with Gasteiger partial charge in [0.1, 0.15) is 0 Å². The van der Waals surface area contributed by atoms with Crippen LogP contribution in [0.4, 0.5) is 0 Å². The van der Waals surface area contributed by atoms with Gasteiger partial charge >= 0.3 is 0 Å². The van der Waals surface area contributed by atoms with Crippen LogP contribution in [0.25, 0.3) is 0 Å². The Morgan fingerprint density at radius 2 is 2.00 bits per heavy atom. The lowest BCUT2D eigenvalue weighted by atomic mass is 9.91. The van der Waals surface area contributed by atoms with Crippen LogP contribution in [0.2, 0.25) is 0 Å². The molecule has 1 aliphatic rings. The van der Waals surface area contributed by atoms with Gasteiger partial charge in [0.15, 0.2) is 0 Å². The fourth-order valence-electron chi connectivity index (χ4n) is 2.59. The van der Waals surface area contributed by atoms with E-state index in [0.717, 1.165) is 36.0 Å². The fraction of sp³-hybridized carbons (Fsp3) is 0.533. The Balaban J connectivity index is 0.00000200. The van der Waals surface area contributed by atoms with Crippen molar-refractivity contribution in [3.05, 3.63) is 34.3 Å². The number of nitrogens with zero attached hydrogens (tertiary/aromatic N) is 1. The first-order valence-corrected chi connectivity index (χ1v) is 7.64. The van der Waals surface area contributed by atoms with Gasteiger partial charge in [-0.05, 0) is 37.3 Å². The topological polar surface area (TPSA) is 46.3 Å². The molecule has 1 saturated heterocycles. The maximum atomic E-state index is 12.3. The van der Waals surface area contributed by atoms with Crippen molar-refractivity contribution >= 4 is 34.2 Å². The second-order valence-electron chi connectivity index (χ2n) is 5.35. The monoisotopic (exact) mass is 360 g/mol. The van der Waals surface area contributed by atoms with Gasteiger partial charge in [-0.1, -0.05) is 34.1 Å². The molecule has 2 N–H and O–H groups in total. The zero-order valence-electron chi connectivity index (χ0n) is 11.7. The second-order valence-corrected chi connectivity index (χ2v) is 6.20. The van der Waals surface area contributed by atoms with Crippen molar-refractivity contribution in [2.45, 2.75) is 32.2 Å². The van der Waals surface area contributed by atoms with E-state index in [4.69, 9.17) is 5.73 Å². The molecule has 112 valence electrons. The summed E-state index contributed by atoms with van der Waals surface area (Å²) < 4.78 is 1.01. The fourth-order valence-corrected chi connectivity index (χ4v) is 3.02. The van der Waals surface area contributed by atoms with Crippen LogP contribution in [-0.2, 0) is 11.2 Å². The van der Waals surface area contributed by atoms with Crippen molar-refractivity contribution < 1.29 is 4.79 Å². The summed E-state index contributed by atoms with van der Waals surface area (Å²) in [6.45, 7) is 3.74. The number of carbonyl (C=O) groups excluding carboxylic acids is 1. The van der Waals surface area contributed by atoms with Gasteiger partial charge in [-0.25, -0.2) is 0 Å². The Hall–Kier alpha value is -0.580. The Kier molecular flexibility index (Phi) is 7.00. The van der Waals surface area contributed by atoms with Gasteiger partial charge in [0.05, 0.1) is 6.42 Å². The summed E-state index contributed by atoms with van der Waals surface area (Å²) in [5.41, 5.74) is 6.98. The minimum Gasteiger partial charge on any atom is -0.342 e. The first-order chi connectivity index (χ1) is 9.08. The first-order valence-electron chi connectivity index (χ1n) is 6.84. The molecule has 1 atom stereocenters. The molecule has 0 spiro atoms. The predicted molar refractivity (Wildman–Crippen MR) is 88.0 cm³/mol. The summed E-state index contributed by atoms with van der Waals surface area (Å²) in [6, 6.07) is 8.14. The molecule has 1 aromatic rings. The minimum atomic E-state index is 0. The number of benzene rings is 1. The molecule has 1 amide bonds. The van der Waals surface area contributed by atoms with Gasteiger partial charge in [-0.15, -0.1) is 12.4 Å². The lowest BCUT2D eigenvalue weighted by molar-refractivity contribution is -0.131. The Bertz CT molecular complexity index is 445. The molecular weight excluding hydrogens is 340 g/mol. The van der Waals surface area contributed by atoms with Crippen molar-refractivity contribution in [2.75, 3.05) is 13.1 Å². The number of likely N-dealkylation sites (tertiary alicyclic amines) is 1. The summed E-state index contributed by atoms with van der Waals surface area (Å²) in [5, 5.41) is 0. The van der Waals surface area contributed by atoms with Crippen LogP contribution < -0.4 is 5.73 Å². The molecular formula is C15H22BrClN2O. The lowest BCUT2D eigenvalue weighted by Crippen LogP contribution is -2.43. The summed E-state index contributed by atoms with van der Waals surface area (Å²) in [6.07, 6.45) is 2.53. The van der Waals surface area contributed by atoms with E-state index < -0.39 is 0 Å². The van der Waals surface area contributed by atoms with Crippen LogP contribution in [-0.4, -0.2) is 29.9 Å². The highest BCUT2D eigenvalue weighted by Crippen LogP contribution is 2.22. The Labute approximate surface area is 135 Å². The number of amides is 1. The molecule has 5 heteroatoms. The SMILES string of the molecule is CC(N)C1CCN(C(=O)Cc2ccccc2Br)CC1.Cl. The molecule has 0 radical (unpaired) electrons. The highest BCUT2D eigenvalue weighted by molar-refractivity contribution is 9.10. The summed E-state index contributed by atoms with van der Waals surface area (Å²) in [5.74, 6) is 0.780. The van der Waals surface area contributed by atoms with Crippen LogP contribution in [0.3, 0.4) is 0 Å². The van der Waals surface area contributed by atoms with E-state index in [9.17, 15) is 4.79 Å². The molecule has 0 aliphatic carbocycles.